The molecule has 18 heavy (non-hydrogen) atoms. The molecule has 1 unspecified atom stereocenters. The average molecular weight is 268 g/mol. The van der Waals surface area contributed by atoms with E-state index in [4.69, 9.17) is 17.3 Å². The van der Waals surface area contributed by atoms with E-state index in [2.05, 4.69) is 23.9 Å². The van der Waals surface area contributed by atoms with E-state index in [1.165, 1.54) is 12.8 Å². The van der Waals surface area contributed by atoms with Crippen molar-refractivity contribution in [2.45, 2.75) is 25.4 Å². The maximum atomic E-state index is 6.23. The molecule has 1 aromatic rings. The van der Waals surface area contributed by atoms with Crippen LogP contribution in [-0.4, -0.2) is 43.0 Å². The van der Waals surface area contributed by atoms with Crippen LogP contribution in [0.5, 0.6) is 0 Å². The van der Waals surface area contributed by atoms with Crippen LogP contribution in [0.25, 0.3) is 0 Å². The second-order valence-electron chi connectivity index (χ2n) is 5.30. The van der Waals surface area contributed by atoms with Crippen LogP contribution in [0.15, 0.2) is 18.2 Å². The molecule has 1 aliphatic rings. The maximum absolute atomic E-state index is 6.23. The molecule has 1 heterocycles. The van der Waals surface area contributed by atoms with Crippen LogP contribution in [0.2, 0.25) is 5.02 Å². The normalized spacial score (nSPS) is 21.4. The Morgan fingerprint density at radius 3 is 2.89 bits per heavy atom. The van der Waals surface area contributed by atoms with Gasteiger partial charge >= 0.3 is 0 Å². The first-order valence-electron chi connectivity index (χ1n) is 6.49. The minimum atomic E-state index is 0.641. The van der Waals surface area contributed by atoms with Crippen molar-refractivity contribution >= 4 is 17.3 Å². The number of hydrogen-bond donors (Lipinski definition) is 1. The molecule has 1 atom stereocenters. The Hall–Kier alpha value is -0.770. The van der Waals surface area contributed by atoms with Crippen molar-refractivity contribution in [1.29, 1.82) is 0 Å². The second-order valence-corrected chi connectivity index (χ2v) is 5.71. The molecule has 0 bridgehead atoms. The third-order valence-corrected chi connectivity index (χ3v) is 4.10. The Bertz CT molecular complexity index is 386. The quantitative estimate of drug-likeness (QED) is 0.854. The van der Waals surface area contributed by atoms with E-state index >= 15 is 0 Å². The lowest BCUT2D eigenvalue weighted by Crippen LogP contribution is -2.44. The van der Waals surface area contributed by atoms with Crippen molar-refractivity contribution in [3.63, 3.8) is 0 Å². The van der Waals surface area contributed by atoms with Gasteiger partial charge in [0, 0.05) is 35.4 Å². The fourth-order valence-electron chi connectivity index (χ4n) is 2.56. The number of likely N-dealkylation sites (N-methyl/N-ethyl adjacent to an activating group) is 1. The van der Waals surface area contributed by atoms with Crippen molar-refractivity contribution in [2.75, 3.05) is 32.9 Å². The molecule has 0 saturated carbocycles. The molecule has 0 radical (unpaired) electrons. The van der Waals surface area contributed by atoms with Gasteiger partial charge in [0.15, 0.2) is 0 Å². The number of anilines is 1. The Morgan fingerprint density at radius 1 is 1.44 bits per heavy atom. The standard InChI is InChI=1S/C14H22ClN3/c1-17(2)11-5-4-8-18(9-11)10-12-13(15)6-3-7-14(12)16/h3,6-7,11H,4-5,8-10,16H2,1-2H3. The number of halogens is 1. The molecule has 2 rings (SSSR count). The Labute approximate surface area is 115 Å². The van der Waals surface area contributed by atoms with Gasteiger partial charge < -0.3 is 10.6 Å². The average Bonchev–Trinajstić information content (AvgIpc) is 2.34. The van der Waals surface area contributed by atoms with E-state index in [-0.39, 0.29) is 0 Å². The molecule has 1 aliphatic heterocycles. The van der Waals surface area contributed by atoms with Gasteiger partial charge in [0.1, 0.15) is 0 Å². The van der Waals surface area contributed by atoms with Gasteiger partial charge in [-0.25, -0.2) is 0 Å². The SMILES string of the molecule is CN(C)C1CCCN(Cc2c(N)cccc2Cl)C1. The number of nitrogens with two attached hydrogens (primary N) is 1. The monoisotopic (exact) mass is 267 g/mol. The minimum Gasteiger partial charge on any atom is -0.398 e. The molecule has 1 fully saturated rings. The molecule has 0 spiro atoms. The van der Waals surface area contributed by atoms with Gasteiger partial charge in [-0.3, -0.25) is 4.90 Å². The van der Waals surface area contributed by atoms with Crippen LogP contribution in [0.1, 0.15) is 18.4 Å². The Morgan fingerprint density at radius 2 is 2.22 bits per heavy atom. The zero-order valence-electron chi connectivity index (χ0n) is 11.2. The molecule has 1 saturated heterocycles. The van der Waals surface area contributed by atoms with Crippen molar-refractivity contribution in [3.8, 4) is 0 Å². The first-order chi connectivity index (χ1) is 8.58. The number of rotatable bonds is 3. The van der Waals surface area contributed by atoms with Crippen molar-refractivity contribution in [1.82, 2.24) is 9.80 Å². The molecular formula is C14H22ClN3. The fourth-order valence-corrected chi connectivity index (χ4v) is 2.80. The van der Waals surface area contributed by atoms with Crippen LogP contribution in [0.4, 0.5) is 5.69 Å². The van der Waals surface area contributed by atoms with Crippen LogP contribution < -0.4 is 5.73 Å². The molecule has 100 valence electrons. The summed E-state index contributed by atoms with van der Waals surface area (Å²) in [5.74, 6) is 0. The summed E-state index contributed by atoms with van der Waals surface area (Å²) in [6.07, 6.45) is 2.52. The highest BCUT2D eigenvalue weighted by molar-refractivity contribution is 6.31. The van der Waals surface area contributed by atoms with Crippen molar-refractivity contribution in [2.24, 2.45) is 0 Å². The third-order valence-electron chi connectivity index (χ3n) is 3.75. The highest BCUT2D eigenvalue weighted by atomic mass is 35.5. The molecular weight excluding hydrogens is 246 g/mol. The van der Waals surface area contributed by atoms with E-state index in [1.807, 2.05) is 18.2 Å². The largest absolute Gasteiger partial charge is 0.398 e. The van der Waals surface area contributed by atoms with Gasteiger partial charge in [-0.05, 0) is 45.6 Å². The smallest absolute Gasteiger partial charge is 0.0471 e. The van der Waals surface area contributed by atoms with E-state index in [0.29, 0.717) is 6.04 Å². The maximum Gasteiger partial charge on any atom is 0.0471 e. The van der Waals surface area contributed by atoms with E-state index < -0.39 is 0 Å². The summed E-state index contributed by atoms with van der Waals surface area (Å²) in [6, 6.07) is 6.39. The van der Waals surface area contributed by atoms with Gasteiger partial charge in [-0.2, -0.15) is 0 Å². The summed E-state index contributed by atoms with van der Waals surface area (Å²) in [7, 11) is 4.30. The molecule has 0 aliphatic carbocycles. The number of benzene rings is 1. The van der Waals surface area contributed by atoms with Crippen LogP contribution in [-0.2, 0) is 6.54 Å². The van der Waals surface area contributed by atoms with Crippen LogP contribution in [0.3, 0.4) is 0 Å². The first-order valence-corrected chi connectivity index (χ1v) is 6.87. The van der Waals surface area contributed by atoms with Gasteiger partial charge in [-0.15, -0.1) is 0 Å². The zero-order valence-corrected chi connectivity index (χ0v) is 12.0. The molecule has 0 amide bonds. The lowest BCUT2D eigenvalue weighted by Gasteiger charge is -2.36. The van der Waals surface area contributed by atoms with Gasteiger partial charge in [-0.1, -0.05) is 17.7 Å². The number of likely N-dealkylation sites (tertiary alicyclic amines) is 1. The summed E-state index contributed by atoms with van der Waals surface area (Å²) in [6.45, 7) is 3.09. The first kappa shape index (κ1) is 13.7. The van der Waals surface area contributed by atoms with Crippen LogP contribution in [0, 0.1) is 0 Å². The summed E-state index contributed by atoms with van der Waals surface area (Å²) in [5, 5.41) is 0.780. The van der Waals surface area contributed by atoms with E-state index in [1.54, 1.807) is 0 Å². The van der Waals surface area contributed by atoms with E-state index in [0.717, 1.165) is 35.9 Å². The van der Waals surface area contributed by atoms with Gasteiger partial charge in [0.2, 0.25) is 0 Å². The topological polar surface area (TPSA) is 32.5 Å². The van der Waals surface area contributed by atoms with Gasteiger partial charge in [0.25, 0.3) is 0 Å². The summed E-state index contributed by atoms with van der Waals surface area (Å²) < 4.78 is 0. The predicted octanol–water partition coefficient (Wildman–Crippen LogP) is 2.45. The molecule has 0 aromatic heterocycles. The fraction of sp³-hybridized carbons (Fsp3) is 0.571. The summed E-state index contributed by atoms with van der Waals surface area (Å²) >= 11 is 6.23. The molecule has 3 nitrogen and oxygen atoms in total. The molecule has 4 heteroatoms. The number of hydrogen-bond acceptors (Lipinski definition) is 3. The molecule has 2 N–H and O–H groups in total. The van der Waals surface area contributed by atoms with E-state index in [9.17, 15) is 0 Å². The number of nitrogen functional groups attached to an aromatic ring is 1. The third kappa shape index (κ3) is 3.16. The lowest BCUT2D eigenvalue weighted by molar-refractivity contribution is 0.128. The highest BCUT2D eigenvalue weighted by Crippen LogP contribution is 2.25. The van der Waals surface area contributed by atoms with Gasteiger partial charge in [0.05, 0.1) is 0 Å². The highest BCUT2D eigenvalue weighted by Gasteiger charge is 2.22. The number of piperidine rings is 1. The Balaban J connectivity index is 2.05. The molecule has 1 aromatic carbocycles. The lowest BCUT2D eigenvalue weighted by atomic mass is 10.0. The zero-order chi connectivity index (χ0) is 13.1. The summed E-state index contributed by atoms with van der Waals surface area (Å²) in [4.78, 5) is 4.76. The Kier molecular flexibility index (Phi) is 4.49. The van der Waals surface area contributed by atoms with Crippen molar-refractivity contribution in [3.05, 3.63) is 28.8 Å². The minimum absolute atomic E-state index is 0.641. The van der Waals surface area contributed by atoms with Crippen LogP contribution >= 0.6 is 11.6 Å². The number of nitrogens with zero attached hydrogens (tertiary/aromatic N) is 2. The summed E-state index contributed by atoms with van der Waals surface area (Å²) in [5.41, 5.74) is 7.88. The second kappa shape index (κ2) is 5.91. The predicted molar refractivity (Wildman–Crippen MR) is 77.9 cm³/mol. The van der Waals surface area contributed by atoms with Crippen molar-refractivity contribution < 1.29 is 0 Å².